The normalized spacial score (nSPS) is 19.3. The highest BCUT2D eigenvalue weighted by Gasteiger charge is 2.60. The van der Waals surface area contributed by atoms with Crippen molar-refractivity contribution < 1.29 is 4.79 Å². The summed E-state index contributed by atoms with van der Waals surface area (Å²) in [6, 6.07) is 21.0. The van der Waals surface area contributed by atoms with Crippen LogP contribution in [0.15, 0.2) is 60.7 Å². The number of hydrogen-bond acceptors (Lipinski definition) is 1. The highest BCUT2D eigenvalue weighted by molar-refractivity contribution is 5.86. The molecular weight excluding hydrogens is 258 g/mol. The van der Waals surface area contributed by atoms with Gasteiger partial charge in [0.15, 0.2) is 0 Å². The van der Waals surface area contributed by atoms with Crippen LogP contribution in [0.4, 0.5) is 0 Å². The highest BCUT2D eigenvalue weighted by Crippen LogP contribution is 2.58. The van der Waals surface area contributed by atoms with E-state index in [1.807, 2.05) is 26.0 Å². The lowest BCUT2D eigenvalue weighted by Crippen LogP contribution is -2.34. The third-order valence-electron chi connectivity index (χ3n) is 4.29. The molecule has 108 valence electrons. The fourth-order valence-electron chi connectivity index (χ4n) is 3.24. The van der Waals surface area contributed by atoms with Gasteiger partial charge in [0.25, 0.3) is 0 Å². The highest BCUT2D eigenvalue weighted by atomic mass is 16.2. The summed E-state index contributed by atoms with van der Waals surface area (Å²) in [7, 11) is 0. The molecule has 1 aliphatic carbocycles. The minimum absolute atomic E-state index is 0.0321. The van der Waals surface area contributed by atoms with Crippen LogP contribution in [0, 0.1) is 5.92 Å². The molecule has 1 aliphatic rings. The quantitative estimate of drug-likeness (QED) is 0.911. The van der Waals surface area contributed by atoms with Crippen molar-refractivity contribution in [1.29, 1.82) is 0 Å². The number of rotatable bonds is 4. The molecule has 0 spiro atoms. The van der Waals surface area contributed by atoms with Crippen molar-refractivity contribution in [3.63, 3.8) is 0 Å². The maximum absolute atomic E-state index is 12.5. The molecule has 1 N–H and O–H groups in total. The maximum Gasteiger partial charge on any atom is 0.224 e. The van der Waals surface area contributed by atoms with E-state index in [1.54, 1.807) is 0 Å². The van der Waals surface area contributed by atoms with Crippen LogP contribution < -0.4 is 5.32 Å². The SMILES string of the molecule is CC(C)NC(=O)[C@@H]1CC1(c1ccccc1)c1ccccc1. The zero-order chi connectivity index (χ0) is 14.9. The predicted octanol–water partition coefficient (Wildman–Crippen LogP) is 3.52. The van der Waals surface area contributed by atoms with E-state index in [9.17, 15) is 4.79 Å². The summed E-state index contributed by atoms with van der Waals surface area (Å²) in [5.41, 5.74) is 2.32. The van der Waals surface area contributed by atoms with Crippen molar-refractivity contribution in [1.82, 2.24) is 5.32 Å². The summed E-state index contributed by atoms with van der Waals surface area (Å²) in [4.78, 5) is 12.5. The molecule has 0 aromatic heterocycles. The first-order valence-corrected chi connectivity index (χ1v) is 7.56. The summed E-state index contributed by atoms with van der Waals surface area (Å²) >= 11 is 0. The zero-order valence-electron chi connectivity index (χ0n) is 12.5. The van der Waals surface area contributed by atoms with Crippen molar-refractivity contribution in [2.45, 2.75) is 31.7 Å². The first-order chi connectivity index (χ1) is 10.1. The Labute approximate surface area is 126 Å². The van der Waals surface area contributed by atoms with Gasteiger partial charge >= 0.3 is 0 Å². The molecule has 2 aromatic rings. The van der Waals surface area contributed by atoms with Crippen LogP contribution in [0.1, 0.15) is 31.4 Å². The van der Waals surface area contributed by atoms with Crippen molar-refractivity contribution in [2.24, 2.45) is 5.92 Å². The molecule has 0 saturated heterocycles. The Balaban J connectivity index is 1.98. The average molecular weight is 279 g/mol. The second-order valence-corrected chi connectivity index (χ2v) is 6.12. The van der Waals surface area contributed by atoms with Gasteiger partial charge in [-0.3, -0.25) is 4.79 Å². The lowest BCUT2D eigenvalue weighted by Gasteiger charge is -2.19. The first-order valence-electron chi connectivity index (χ1n) is 7.56. The van der Waals surface area contributed by atoms with Crippen LogP contribution in [-0.4, -0.2) is 11.9 Å². The molecule has 2 heteroatoms. The molecule has 1 saturated carbocycles. The van der Waals surface area contributed by atoms with Crippen molar-refractivity contribution in [2.75, 3.05) is 0 Å². The molecule has 1 amide bonds. The van der Waals surface area contributed by atoms with Crippen LogP contribution in [0.25, 0.3) is 0 Å². The summed E-state index contributed by atoms with van der Waals surface area (Å²) in [5, 5.41) is 3.06. The Morgan fingerprint density at radius 1 is 1.00 bits per heavy atom. The second kappa shape index (κ2) is 5.36. The van der Waals surface area contributed by atoms with E-state index in [1.165, 1.54) is 11.1 Å². The number of amides is 1. The Bertz CT molecular complexity index is 579. The Kier molecular flexibility index (Phi) is 3.54. The van der Waals surface area contributed by atoms with Crippen LogP contribution in [0.5, 0.6) is 0 Å². The third kappa shape index (κ3) is 2.46. The summed E-state index contributed by atoms with van der Waals surface area (Å²) in [6.07, 6.45) is 0.888. The van der Waals surface area contributed by atoms with Gasteiger partial charge < -0.3 is 5.32 Å². The molecule has 21 heavy (non-hydrogen) atoms. The van der Waals surface area contributed by atoms with Crippen molar-refractivity contribution >= 4 is 5.91 Å². The van der Waals surface area contributed by atoms with Gasteiger partial charge in [-0.25, -0.2) is 0 Å². The third-order valence-corrected chi connectivity index (χ3v) is 4.29. The molecule has 3 rings (SSSR count). The number of nitrogens with one attached hydrogen (secondary N) is 1. The summed E-state index contributed by atoms with van der Waals surface area (Å²) in [6.45, 7) is 4.01. The van der Waals surface area contributed by atoms with Crippen molar-refractivity contribution in [3.05, 3.63) is 71.8 Å². The lowest BCUT2D eigenvalue weighted by atomic mass is 9.85. The van der Waals surface area contributed by atoms with Gasteiger partial charge in [0, 0.05) is 11.5 Å². The number of hydrogen-bond donors (Lipinski definition) is 1. The fraction of sp³-hybridized carbons (Fsp3) is 0.316. The standard InChI is InChI=1S/C19H21NO/c1-14(2)20-18(21)17-13-19(17,15-9-5-3-6-10-15)16-11-7-4-8-12-16/h3-12,14,17H,13H2,1-2H3,(H,20,21)/t17-/m0/s1. The van der Waals surface area contributed by atoms with E-state index in [2.05, 4.69) is 53.8 Å². The molecule has 0 bridgehead atoms. The first kappa shape index (κ1) is 13.9. The minimum Gasteiger partial charge on any atom is -0.354 e. The molecule has 2 nitrogen and oxygen atoms in total. The van der Waals surface area contributed by atoms with E-state index in [-0.39, 0.29) is 23.3 Å². The van der Waals surface area contributed by atoms with Gasteiger partial charge in [-0.05, 0) is 31.4 Å². The van der Waals surface area contributed by atoms with Crippen molar-refractivity contribution in [3.8, 4) is 0 Å². The average Bonchev–Trinajstić information content (AvgIpc) is 3.25. The summed E-state index contributed by atoms with van der Waals surface area (Å²) in [5.74, 6) is 0.197. The second-order valence-electron chi connectivity index (χ2n) is 6.12. The van der Waals surface area contributed by atoms with Crippen LogP contribution in [0.2, 0.25) is 0 Å². The molecule has 0 radical (unpaired) electrons. The molecular formula is C19H21NO. The van der Waals surface area contributed by atoms with Gasteiger partial charge in [0.2, 0.25) is 5.91 Å². The van der Waals surface area contributed by atoms with Crippen LogP contribution >= 0.6 is 0 Å². The fourth-order valence-corrected chi connectivity index (χ4v) is 3.24. The number of carbonyl (C=O) groups excluding carboxylic acids is 1. The largest absolute Gasteiger partial charge is 0.354 e. The van der Waals surface area contributed by atoms with E-state index in [4.69, 9.17) is 0 Å². The number of benzene rings is 2. The van der Waals surface area contributed by atoms with E-state index in [0.29, 0.717) is 0 Å². The molecule has 2 aromatic carbocycles. The maximum atomic E-state index is 12.5. The monoisotopic (exact) mass is 279 g/mol. The number of carbonyl (C=O) groups is 1. The van der Waals surface area contributed by atoms with E-state index < -0.39 is 0 Å². The predicted molar refractivity (Wildman–Crippen MR) is 85.0 cm³/mol. The van der Waals surface area contributed by atoms with E-state index in [0.717, 1.165) is 6.42 Å². The molecule has 1 fully saturated rings. The van der Waals surface area contributed by atoms with Gasteiger partial charge in [0.05, 0.1) is 5.92 Å². The molecule has 1 atom stereocenters. The van der Waals surface area contributed by atoms with Gasteiger partial charge in [0.1, 0.15) is 0 Å². The molecule has 0 aliphatic heterocycles. The van der Waals surface area contributed by atoms with Gasteiger partial charge in [-0.15, -0.1) is 0 Å². The lowest BCUT2D eigenvalue weighted by molar-refractivity contribution is -0.123. The zero-order valence-corrected chi connectivity index (χ0v) is 12.5. The van der Waals surface area contributed by atoms with Gasteiger partial charge in [-0.2, -0.15) is 0 Å². The Hall–Kier alpha value is -2.09. The topological polar surface area (TPSA) is 29.1 Å². The minimum atomic E-state index is -0.151. The van der Waals surface area contributed by atoms with Crippen LogP contribution in [0.3, 0.4) is 0 Å². The Morgan fingerprint density at radius 3 is 1.90 bits per heavy atom. The molecule has 0 unspecified atom stereocenters. The van der Waals surface area contributed by atoms with E-state index >= 15 is 0 Å². The Morgan fingerprint density at radius 2 is 1.48 bits per heavy atom. The summed E-state index contributed by atoms with van der Waals surface area (Å²) < 4.78 is 0. The van der Waals surface area contributed by atoms with Crippen LogP contribution in [-0.2, 0) is 10.2 Å². The smallest absolute Gasteiger partial charge is 0.224 e. The van der Waals surface area contributed by atoms with Gasteiger partial charge in [-0.1, -0.05) is 60.7 Å². The molecule has 0 heterocycles.